The molecule has 0 bridgehead atoms. The lowest BCUT2D eigenvalue weighted by Crippen LogP contribution is -2.27. The van der Waals surface area contributed by atoms with Crippen molar-refractivity contribution < 1.29 is 18.3 Å². The molecule has 1 atom stereocenters. The number of fused-ring (bicyclic) bond motifs is 1. The van der Waals surface area contributed by atoms with Gasteiger partial charge in [-0.25, -0.2) is 8.78 Å². The van der Waals surface area contributed by atoms with Crippen LogP contribution in [-0.4, -0.2) is 5.11 Å². The van der Waals surface area contributed by atoms with Crippen molar-refractivity contribution in [1.29, 1.82) is 0 Å². The Labute approximate surface area is 120 Å². The van der Waals surface area contributed by atoms with E-state index >= 15 is 0 Å². The van der Waals surface area contributed by atoms with E-state index in [1.54, 1.807) is 37.3 Å². The molecule has 1 aromatic heterocycles. The summed E-state index contributed by atoms with van der Waals surface area (Å²) >= 11 is 0. The lowest BCUT2D eigenvalue weighted by molar-refractivity contribution is 0.0506. The van der Waals surface area contributed by atoms with Gasteiger partial charge in [0.2, 0.25) is 0 Å². The number of halogens is 2. The molecule has 0 radical (unpaired) electrons. The molecule has 21 heavy (non-hydrogen) atoms. The van der Waals surface area contributed by atoms with E-state index in [4.69, 9.17) is 4.42 Å². The van der Waals surface area contributed by atoms with Crippen LogP contribution in [0.1, 0.15) is 24.7 Å². The number of furan rings is 1. The zero-order valence-corrected chi connectivity index (χ0v) is 11.4. The SMILES string of the molecule is CCC(O)(c1cc2cccc(F)c2o1)c1ccccc1F. The number of aliphatic hydroxyl groups is 1. The highest BCUT2D eigenvalue weighted by molar-refractivity contribution is 5.78. The predicted octanol–water partition coefficient (Wildman–Crippen LogP) is 4.36. The normalized spacial score (nSPS) is 14.3. The summed E-state index contributed by atoms with van der Waals surface area (Å²) < 4.78 is 33.2. The molecule has 2 aromatic carbocycles. The van der Waals surface area contributed by atoms with Crippen LogP contribution in [0.3, 0.4) is 0 Å². The van der Waals surface area contributed by atoms with Crippen LogP contribution in [0.25, 0.3) is 11.0 Å². The van der Waals surface area contributed by atoms with E-state index in [0.717, 1.165) is 0 Å². The van der Waals surface area contributed by atoms with E-state index in [2.05, 4.69) is 0 Å². The van der Waals surface area contributed by atoms with Crippen molar-refractivity contribution >= 4 is 11.0 Å². The van der Waals surface area contributed by atoms with E-state index in [1.807, 2.05) is 0 Å². The first-order chi connectivity index (χ1) is 10.1. The minimum Gasteiger partial charge on any atom is -0.455 e. The second kappa shape index (κ2) is 4.97. The Morgan fingerprint density at radius 3 is 2.43 bits per heavy atom. The van der Waals surface area contributed by atoms with Crippen molar-refractivity contribution in [3.05, 3.63) is 71.5 Å². The maximum Gasteiger partial charge on any atom is 0.170 e. The van der Waals surface area contributed by atoms with E-state index in [-0.39, 0.29) is 23.3 Å². The largest absolute Gasteiger partial charge is 0.455 e. The Hall–Kier alpha value is -2.20. The molecule has 3 rings (SSSR count). The van der Waals surface area contributed by atoms with Crippen LogP contribution in [0.2, 0.25) is 0 Å². The highest BCUT2D eigenvalue weighted by atomic mass is 19.1. The second-order valence-corrected chi connectivity index (χ2v) is 4.96. The Morgan fingerprint density at radius 2 is 1.76 bits per heavy atom. The molecular weight excluding hydrogens is 274 g/mol. The maximum atomic E-state index is 14.0. The fraction of sp³-hybridized carbons (Fsp3) is 0.176. The first-order valence-electron chi connectivity index (χ1n) is 6.72. The van der Waals surface area contributed by atoms with Crippen molar-refractivity contribution in [3.8, 4) is 0 Å². The molecule has 0 saturated carbocycles. The predicted molar refractivity (Wildman–Crippen MR) is 75.9 cm³/mol. The molecule has 108 valence electrons. The summed E-state index contributed by atoms with van der Waals surface area (Å²) in [6.07, 6.45) is 0.204. The van der Waals surface area contributed by atoms with Crippen LogP contribution >= 0.6 is 0 Å². The van der Waals surface area contributed by atoms with Gasteiger partial charge in [0.25, 0.3) is 0 Å². The summed E-state index contributed by atoms with van der Waals surface area (Å²) in [6.45, 7) is 1.72. The molecule has 3 aromatic rings. The maximum absolute atomic E-state index is 14.0. The third kappa shape index (κ3) is 2.12. The van der Waals surface area contributed by atoms with E-state index in [9.17, 15) is 13.9 Å². The molecule has 0 saturated heterocycles. The molecule has 0 aliphatic rings. The molecule has 0 aliphatic heterocycles. The van der Waals surface area contributed by atoms with Crippen molar-refractivity contribution in [3.63, 3.8) is 0 Å². The van der Waals surface area contributed by atoms with Crippen molar-refractivity contribution in [1.82, 2.24) is 0 Å². The third-order valence-electron chi connectivity index (χ3n) is 3.73. The summed E-state index contributed by atoms with van der Waals surface area (Å²) in [5.74, 6) is -0.899. The van der Waals surface area contributed by atoms with Crippen molar-refractivity contribution in [2.75, 3.05) is 0 Å². The average Bonchev–Trinajstić information content (AvgIpc) is 2.93. The molecule has 1 N–H and O–H groups in total. The first kappa shape index (κ1) is 13.8. The Balaban J connectivity index is 2.22. The highest BCUT2D eigenvalue weighted by Gasteiger charge is 2.36. The standard InChI is InChI=1S/C17H14F2O2/c1-2-17(20,12-7-3-4-8-13(12)18)15-10-11-6-5-9-14(19)16(11)21-15/h3-10,20H,2H2,1H3. The molecule has 4 heteroatoms. The van der Waals surface area contributed by atoms with Gasteiger partial charge in [0.1, 0.15) is 17.2 Å². The van der Waals surface area contributed by atoms with Gasteiger partial charge >= 0.3 is 0 Å². The van der Waals surface area contributed by atoms with Crippen LogP contribution in [0.4, 0.5) is 8.78 Å². The fourth-order valence-electron chi connectivity index (χ4n) is 2.53. The van der Waals surface area contributed by atoms with Crippen molar-refractivity contribution in [2.24, 2.45) is 0 Å². The summed E-state index contributed by atoms with van der Waals surface area (Å²) in [4.78, 5) is 0. The summed E-state index contributed by atoms with van der Waals surface area (Å²) in [7, 11) is 0. The van der Waals surface area contributed by atoms with Gasteiger partial charge in [0.05, 0.1) is 0 Å². The van der Waals surface area contributed by atoms with Gasteiger partial charge in [-0.2, -0.15) is 0 Å². The minimum absolute atomic E-state index is 0.0655. The smallest absolute Gasteiger partial charge is 0.170 e. The van der Waals surface area contributed by atoms with Gasteiger partial charge in [-0.3, -0.25) is 0 Å². The van der Waals surface area contributed by atoms with Gasteiger partial charge in [0, 0.05) is 10.9 Å². The zero-order valence-electron chi connectivity index (χ0n) is 11.4. The molecule has 1 heterocycles. The number of para-hydroxylation sites is 1. The average molecular weight is 288 g/mol. The number of benzene rings is 2. The molecule has 1 unspecified atom stereocenters. The Bertz CT molecular complexity index is 794. The van der Waals surface area contributed by atoms with E-state index in [0.29, 0.717) is 5.39 Å². The zero-order chi connectivity index (χ0) is 15.0. The lowest BCUT2D eigenvalue weighted by Gasteiger charge is -2.25. The summed E-state index contributed by atoms with van der Waals surface area (Å²) in [5, 5.41) is 11.4. The number of hydrogen-bond donors (Lipinski definition) is 1. The van der Waals surface area contributed by atoms with E-state index in [1.165, 1.54) is 18.2 Å². The van der Waals surface area contributed by atoms with Gasteiger partial charge in [-0.15, -0.1) is 0 Å². The van der Waals surface area contributed by atoms with Gasteiger partial charge in [-0.1, -0.05) is 37.3 Å². The molecular formula is C17H14F2O2. The van der Waals surface area contributed by atoms with Gasteiger partial charge < -0.3 is 9.52 Å². The van der Waals surface area contributed by atoms with Crippen LogP contribution in [0.5, 0.6) is 0 Å². The summed E-state index contributed by atoms with van der Waals surface area (Å²) in [5.41, 5.74) is -1.45. The van der Waals surface area contributed by atoms with Crippen molar-refractivity contribution in [2.45, 2.75) is 18.9 Å². The molecule has 2 nitrogen and oxygen atoms in total. The minimum atomic E-state index is -1.63. The second-order valence-electron chi connectivity index (χ2n) is 4.96. The Morgan fingerprint density at radius 1 is 1.05 bits per heavy atom. The molecule has 0 aliphatic carbocycles. The first-order valence-corrected chi connectivity index (χ1v) is 6.72. The number of rotatable bonds is 3. The van der Waals surface area contributed by atoms with Gasteiger partial charge in [-0.05, 0) is 24.6 Å². The lowest BCUT2D eigenvalue weighted by atomic mass is 9.88. The van der Waals surface area contributed by atoms with Crippen LogP contribution < -0.4 is 0 Å². The molecule has 0 amide bonds. The van der Waals surface area contributed by atoms with Crippen LogP contribution in [0, 0.1) is 11.6 Å². The highest BCUT2D eigenvalue weighted by Crippen LogP contribution is 2.37. The topological polar surface area (TPSA) is 33.4 Å². The monoisotopic (exact) mass is 288 g/mol. The van der Waals surface area contributed by atoms with Gasteiger partial charge in [0.15, 0.2) is 11.4 Å². The third-order valence-corrected chi connectivity index (χ3v) is 3.73. The molecule has 0 spiro atoms. The van der Waals surface area contributed by atoms with Crippen LogP contribution in [0.15, 0.2) is 52.9 Å². The molecule has 0 fully saturated rings. The Kier molecular flexibility index (Phi) is 3.26. The quantitative estimate of drug-likeness (QED) is 0.777. The number of hydrogen-bond acceptors (Lipinski definition) is 2. The summed E-state index contributed by atoms with van der Waals surface area (Å²) in [6, 6.07) is 12.0. The fourth-order valence-corrected chi connectivity index (χ4v) is 2.53. The van der Waals surface area contributed by atoms with E-state index < -0.39 is 17.2 Å². The van der Waals surface area contributed by atoms with Crippen LogP contribution in [-0.2, 0) is 5.60 Å².